The third-order valence-corrected chi connectivity index (χ3v) is 2.67. The lowest BCUT2D eigenvalue weighted by molar-refractivity contribution is -0.465. The lowest BCUT2D eigenvalue weighted by Crippen LogP contribution is -2.14. The highest BCUT2D eigenvalue weighted by molar-refractivity contribution is 14.1. The second-order valence-corrected chi connectivity index (χ2v) is 4.16. The fourth-order valence-corrected chi connectivity index (χ4v) is 2.07. The zero-order chi connectivity index (χ0) is 12.3. The predicted octanol–water partition coefficient (Wildman–Crippen LogP) is 1.34. The van der Waals surface area contributed by atoms with Crippen molar-refractivity contribution in [3.05, 3.63) is 31.4 Å². The highest BCUT2D eigenvalue weighted by atomic mass is 127. The zero-order valence-corrected chi connectivity index (χ0v) is 10.6. The van der Waals surface area contributed by atoms with E-state index in [1.807, 2.05) is 22.6 Å². The van der Waals surface area contributed by atoms with Gasteiger partial charge in [0.15, 0.2) is 5.75 Å². The Morgan fingerprint density at radius 1 is 1.62 bits per heavy atom. The topological polar surface area (TPSA) is 95.5 Å². The standard InChI is InChI=1S/C9H9IN2O4/c1-16-9-6(10)2-5(3-7(9)11)8(13)4-12(14)15/h2-3H,4,11H2,1H3. The van der Waals surface area contributed by atoms with Gasteiger partial charge in [0.1, 0.15) is 0 Å². The van der Waals surface area contributed by atoms with Gasteiger partial charge in [-0.3, -0.25) is 14.9 Å². The molecule has 0 aliphatic rings. The van der Waals surface area contributed by atoms with Crippen molar-refractivity contribution in [1.29, 1.82) is 0 Å². The van der Waals surface area contributed by atoms with E-state index in [-0.39, 0.29) is 5.56 Å². The molecule has 0 heterocycles. The van der Waals surface area contributed by atoms with Gasteiger partial charge in [-0.1, -0.05) is 0 Å². The largest absolute Gasteiger partial charge is 0.493 e. The Balaban J connectivity index is 3.08. The molecule has 0 spiro atoms. The average molecular weight is 336 g/mol. The van der Waals surface area contributed by atoms with Crippen LogP contribution >= 0.6 is 22.6 Å². The number of rotatable bonds is 4. The number of carbonyl (C=O) groups excluding carboxylic acids is 1. The molecule has 0 aliphatic heterocycles. The molecular weight excluding hydrogens is 327 g/mol. The molecule has 0 aliphatic carbocycles. The van der Waals surface area contributed by atoms with Crippen molar-refractivity contribution < 1.29 is 14.5 Å². The number of nitrogen functional groups attached to an aromatic ring is 1. The number of halogens is 1. The monoisotopic (exact) mass is 336 g/mol. The summed E-state index contributed by atoms with van der Waals surface area (Å²) in [6, 6.07) is 2.90. The number of Topliss-reactive ketones (excluding diaryl/α,β-unsaturated/α-hetero) is 1. The fourth-order valence-electron chi connectivity index (χ4n) is 1.20. The van der Waals surface area contributed by atoms with E-state index < -0.39 is 17.3 Å². The molecule has 7 heteroatoms. The number of ketones is 1. The van der Waals surface area contributed by atoms with Crippen LogP contribution in [-0.4, -0.2) is 24.4 Å². The van der Waals surface area contributed by atoms with Crippen LogP contribution in [0.2, 0.25) is 0 Å². The first-order valence-corrected chi connectivity index (χ1v) is 5.31. The Hall–Kier alpha value is -1.38. The average Bonchev–Trinajstić information content (AvgIpc) is 2.16. The van der Waals surface area contributed by atoms with Gasteiger partial charge in [-0.25, -0.2) is 0 Å². The van der Waals surface area contributed by atoms with Gasteiger partial charge in [0.25, 0.3) is 6.54 Å². The molecule has 1 aromatic carbocycles. The summed E-state index contributed by atoms with van der Waals surface area (Å²) >= 11 is 1.95. The highest BCUT2D eigenvalue weighted by Crippen LogP contribution is 2.29. The van der Waals surface area contributed by atoms with Crippen molar-refractivity contribution in [2.45, 2.75) is 0 Å². The Morgan fingerprint density at radius 2 is 2.25 bits per heavy atom. The number of nitrogens with zero attached hydrogens (tertiary/aromatic N) is 1. The highest BCUT2D eigenvalue weighted by Gasteiger charge is 2.16. The van der Waals surface area contributed by atoms with Crippen LogP contribution in [0.3, 0.4) is 0 Å². The van der Waals surface area contributed by atoms with Crippen molar-refractivity contribution in [3.8, 4) is 5.75 Å². The Morgan fingerprint density at radius 3 is 2.69 bits per heavy atom. The van der Waals surface area contributed by atoms with Gasteiger partial charge in [-0.05, 0) is 34.7 Å². The van der Waals surface area contributed by atoms with E-state index in [1.165, 1.54) is 19.2 Å². The van der Waals surface area contributed by atoms with E-state index in [9.17, 15) is 14.9 Å². The van der Waals surface area contributed by atoms with Crippen LogP contribution in [0.25, 0.3) is 0 Å². The Labute approximate surface area is 105 Å². The molecule has 0 bridgehead atoms. The summed E-state index contributed by atoms with van der Waals surface area (Å²) < 4.78 is 5.66. The Bertz CT molecular complexity index is 424. The van der Waals surface area contributed by atoms with Gasteiger partial charge >= 0.3 is 0 Å². The minimum absolute atomic E-state index is 0.222. The molecule has 1 aromatic rings. The van der Waals surface area contributed by atoms with Gasteiger partial charge < -0.3 is 10.5 Å². The summed E-state index contributed by atoms with van der Waals surface area (Å²) in [7, 11) is 1.46. The molecule has 0 fully saturated rings. The lowest BCUT2D eigenvalue weighted by atomic mass is 10.1. The fraction of sp³-hybridized carbons (Fsp3) is 0.222. The lowest BCUT2D eigenvalue weighted by Gasteiger charge is -2.08. The van der Waals surface area contributed by atoms with E-state index in [2.05, 4.69) is 0 Å². The van der Waals surface area contributed by atoms with Crippen LogP contribution in [0.15, 0.2) is 12.1 Å². The predicted molar refractivity (Wildman–Crippen MR) is 66.3 cm³/mol. The number of hydrogen-bond donors (Lipinski definition) is 1. The maximum Gasteiger partial charge on any atom is 0.265 e. The number of nitrogens with two attached hydrogens (primary N) is 1. The molecule has 0 unspecified atom stereocenters. The molecule has 0 atom stereocenters. The van der Waals surface area contributed by atoms with Crippen molar-refractivity contribution in [2.24, 2.45) is 0 Å². The van der Waals surface area contributed by atoms with E-state index in [4.69, 9.17) is 10.5 Å². The molecule has 0 aromatic heterocycles. The van der Waals surface area contributed by atoms with Crippen molar-refractivity contribution in [2.75, 3.05) is 19.4 Å². The summed E-state index contributed by atoms with van der Waals surface area (Å²) in [6.45, 7) is -0.734. The molecular formula is C9H9IN2O4. The quantitative estimate of drug-likeness (QED) is 0.294. The number of methoxy groups -OCH3 is 1. The number of anilines is 1. The van der Waals surface area contributed by atoms with E-state index in [0.717, 1.165) is 0 Å². The van der Waals surface area contributed by atoms with Gasteiger partial charge in [-0.15, -0.1) is 0 Å². The van der Waals surface area contributed by atoms with Crippen molar-refractivity contribution >= 4 is 34.1 Å². The first kappa shape index (κ1) is 12.7. The van der Waals surface area contributed by atoms with Crippen LogP contribution in [0.1, 0.15) is 10.4 Å². The van der Waals surface area contributed by atoms with Crippen molar-refractivity contribution in [3.63, 3.8) is 0 Å². The summed E-state index contributed by atoms with van der Waals surface area (Å²) in [6.07, 6.45) is 0. The molecule has 16 heavy (non-hydrogen) atoms. The number of ether oxygens (including phenoxy) is 1. The zero-order valence-electron chi connectivity index (χ0n) is 8.40. The van der Waals surface area contributed by atoms with Crippen LogP contribution in [0.5, 0.6) is 5.75 Å². The van der Waals surface area contributed by atoms with Crippen molar-refractivity contribution in [1.82, 2.24) is 0 Å². The second-order valence-electron chi connectivity index (χ2n) is 2.99. The van der Waals surface area contributed by atoms with Crippen LogP contribution in [0, 0.1) is 13.7 Å². The molecule has 2 N–H and O–H groups in total. The Kier molecular flexibility index (Phi) is 4.05. The van der Waals surface area contributed by atoms with E-state index in [0.29, 0.717) is 15.0 Å². The number of carbonyl (C=O) groups is 1. The second kappa shape index (κ2) is 5.10. The van der Waals surface area contributed by atoms with Gasteiger partial charge in [0.2, 0.25) is 5.78 Å². The maximum absolute atomic E-state index is 11.4. The molecule has 86 valence electrons. The third kappa shape index (κ3) is 2.81. The minimum atomic E-state index is -0.734. The minimum Gasteiger partial charge on any atom is -0.493 e. The summed E-state index contributed by atoms with van der Waals surface area (Å²) in [5.74, 6) is -0.101. The van der Waals surface area contributed by atoms with E-state index in [1.54, 1.807) is 0 Å². The molecule has 0 amide bonds. The van der Waals surface area contributed by atoms with Crippen LogP contribution in [0.4, 0.5) is 5.69 Å². The molecule has 6 nitrogen and oxygen atoms in total. The molecule has 0 radical (unpaired) electrons. The molecule has 1 rings (SSSR count). The van der Waals surface area contributed by atoms with Crippen LogP contribution in [-0.2, 0) is 0 Å². The first-order valence-electron chi connectivity index (χ1n) is 4.23. The third-order valence-electron chi connectivity index (χ3n) is 1.87. The van der Waals surface area contributed by atoms with Gasteiger partial charge in [0.05, 0.1) is 16.4 Å². The molecule has 0 saturated carbocycles. The smallest absolute Gasteiger partial charge is 0.265 e. The number of hydrogen-bond acceptors (Lipinski definition) is 5. The van der Waals surface area contributed by atoms with Gasteiger partial charge in [0, 0.05) is 10.5 Å². The van der Waals surface area contributed by atoms with E-state index >= 15 is 0 Å². The summed E-state index contributed by atoms with van der Waals surface area (Å²) in [4.78, 5) is 20.9. The first-order chi connectivity index (χ1) is 7.45. The molecule has 0 saturated heterocycles. The number of nitro groups is 1. The summed E-state index contributed by atoms with van der Waals surface area (Å²) in [5, 5.41) is 10.2. The normalized spacial score (nSPS) is 9.88. The van der Waals surface area contributed by atoms with Crippen LogP contribution < -0.4 is 10.5 Å². The van der Waals surface area contributed by atoms with Gasteiger partial charge in [-0.2, -0.15) is 0 Å². The number of benzene rings is 1. The maximum atomic E-state index is 11.4. The summed E-state index contributed by atoms with van der Waals surface area (Å²) in [5.41, 5.74) is 6.16. The SMILES string of the molecule is COc1c(N)cc(C(=O)C[N+](=O)[O-])cc1I.